The third-order valence-corrected chi connectivity index (χ3v) is 5.34. The number of nitrogens with zero attached hydrogens (tertiary/aromatic N) is 1. The molecule has 194 valence electrons. The molecule has 0 bridgehead atoms. The zero-order valence-electron chi connectivity index (χ0n) is 22.2. The predicted octanol–water partition coefficient (Wildman–Crippen LogP) is 3.02. The molecule has 1 aromatic carbocycles. The Balaban J connectivity index is 2.53. The number of amides is 4. The largest absolute Gasteiger partial charge is 0.444 e. The lowest BCUT2D eigenvalue weighted by molar-refractivity contribution is -0.144. The molecule has 0 saturated heterocycles. The number of hydrogen-bond donors (Lipinski definition) is 3. The quantitative estimate of drug-likeness (QED) is 0.518. The lowest BCUT2D eigenvalue weighted by Gasteiger charge is -2.36. The molecule has 2 rings (SSSR count). The summed E-state index contributed by atoms with van der Waals surface area (Å²) in [5, 5.41) is 5.50. The van der Waals surface area contributed by atoms with Gasteiger partial charge in [0.05, 0.1) is 6.42 Å². The normalized spacial score (nSPS) is 15.5. The van der Waals surface area contributed by atoms with E-state index >= 15 is 0 Å². The van der Waals surface area contributed by atoms with Gasteiger partial charge in [0.2, 0.25) is 17.7 Å². The monoisotopic (exact) mass is 488 g/mol. The maximum atomic E-state index is 13.9. The van der Waals surface area contributed by atoms with Crippen molar-refractivity contribution in [2.75, 3.05) is 0 Å². The second-order valence-electron chi connectivity index (χ2n) is 11.3. The molecule has 1 aliphatic carbocycles. The molecule has 1 fully saturated rings. The topological polar surface area (TPSA) is 131 Å². The van der Waals surface area contributed by atoms with Crippen LogP contribution in [0.1, 0.15) is 83.5 Å². The molecule has 35 heavy (non-hydrogen) atoms. The van der Waals surface area contributed by atoms with Crippen LogP contribution in [-0.4, -0.2) is 51.9 Å². The first-order valence-corrected chi connectivity index (χ1v) is 12.0. The Morgan fingerprint density at radius 1 is 1.09 bits per heavy atom. The Hall–Kier alpha value is -3.10. The highest BCUT2D eigenvalue weighted by atomic mass is 16.6. The summed E-state index contributed by atoms with van der Waals surface area (Å²) in [6, 6.07) is 3.35. The number of aryl methyl sites for hydroxylation is 2. The Labute approximate surface area is 208 Å². The van der Waals surface area contributed by atoms with E-state index in [4.69, 9.17) is 10.5 Å². The van der Waals surface area contributed by atoms with E-state index in [-0.39, 0.29) is 11.9 Å². The van der Waals surface area contributed by atoms with Crippen LogP contribution >= 0.6 is 0 Å². The van der Waals surface area contributed by atoms with Crippen LogP contribution in [0.3, 0.4) is 0 Å². The number of benzene rings is 1. The Morgan fingerprint density at radius 2 is 1.69 bits per heavy atom. The molecule has 1 aliphatic rings. The van der Waals surface area contributed by atoms with E-state index < -0.39 is 47.6 Å². The average Bonchev–Trinajstić information content (AvgIpc) is 3.48. The number of carbonyl (C=O) groups is 4. The summed E-state index contributed by atoms with van der Waals surface area (Å²) in [5.74, 6) is -1.63. The van der Waals surface area contributed by atoms with Gasteiger partial charge in [-0.15, -0.1) is 0 Å². The van der Waals surface area contributed by atoms with Gasteiger partial charge in [-0.3, -0.25) is 14.4 Å². The standard InChI is InChI=1S/C26H40N4O5/c1-15-9-10-16(2)18(13-15)21(22(32)29-25(3,4)5)30(17-11-12-17)23(33)19(14-20(27)31)28-24(34)35-26(6,7)8/h9-10,13,17,19,21H,11-12,14H2,1-8H3,(H2,27,31)(H,28,34)(H,29,32). The fourth-order valence-corrected chi connectivity index (χ4v) is 3.81. The summed E-state index contributed by atoms with van der Waals surface area (Å²) in [6.07, 6.45) is 0.175. The van der Waals surface area contributed by atoms with Gasteiger partial charge in [0.25, 0.3) is 0 Å². The molecule has 1 saturated carbocycles. The van der Waals surface area contributed by atoms with E-state index in [9.17, 15) is 19.2 Å². The first-order valence-electron chi connectivity index (χ1n) is 12.0. The molecule has 4 amide bonds. The Bertz CT molecular complexity index is 973. The lowest BCUT2D eigenvalue weighted by atomic mass is 9.95. The van der Waals surface area contributed by atoms with Crippen molar-refractivity contribution in [1.82, 2.24) is 15.5 Å². The first kappa shape index (κ1) is 28.1. The highest BCUT2D eigenvalue weighted by Gasteiger charge is 2.45. The van der Waals surface area contributed by atoms with Crippen LogP contribution in [0.15, 0.2) is 18.2 Å². The van der Waals surface area contributed by atoms with Crippen LogP contribution in [0, 0.1) is 13.8 Å². The summed E-state index contributed by atoms with van der Waals surface area (Å²) in [6.45, 7) is 14.5. The van der Waals surface area contributed by atoms with Crippen LogP contribution in [0.25, 0.3) is 0 Å². The van der Waals surface area contributed by atoms with Crippen molar-refractivity contribution in [1.29, 1.82) is 0 Å². The SMILES string of the molecule is Cc1ccc(C)c(C(C(=O)NC(C)(C)C)N(C(=O)C(CC(N)=O)NC(=O)OC(C)(C)C)C2CC2)c1. The molecule has 0 radical (unpaired) electrons. The molecule has 0 spiro atoms. The van der Waals surface area contributed by atoms with Gasteiger partial charge in [0.1, 0.15) is 17.7 Å². The van der Waals surface area contributed by atoms with Crippen LogP contribution in [0.2, 0.25) is 0 Å². The first-order chi connectivity index (χ1) is 16.0. The average molecular weight is 489 g/mol. The zero-order chi connectivity index (χ0) is 26.7. The van der Waals surface area contributed by atoms with E-state index in [1.54, 1.807) is 20.8 Å². The summed E-state index contributed by atoms with van der Waals surface area (Å²) >= 11 is 0. The summed E-state index contributed by atoms with van der Waals surface area (Å²) in [4.78, 5) is 53.4. The fourth-order valence-electron chi connectivity index (χ4n) is 3.81. The second kappa shape index (κ2) is 10.7. The highest BCUT2D eigenvalue weighted by Crippen LogP contribution is 2.37. The van der Waals surface area contributed by atoms with Gasteiger partial charge in [-0.2, -0.15) is 0 Å². The molecule has 2 unspecified atom stereocenters. The van der Waals surface area contributed by atoms with Crippen LogP contribution in [0.4, 0.5) is 4.79 Å². The van der Waals surface area contributed by atoms with Crippen molar-refractivity contribution in [2.45, 2.75) is 104 Å². The number of alkyl carbamates (subject to hydrolysis) is 1. The summed E-state index contributed by atoms with van der Waals surface area (Å²) in [7, 11) is 0. The molecule has 2 atom stereocenters. The minimum absolute atomic E-state index is 0.200. The van der Waals surface area contributed by atoms with Crippen LogP contribution < -0.4 is 16.4 Å². The maximum absolute atomic E-state index is 13.9. The molecule has 0 heterocycles. The Morgan fingerprint density at radius 3 is 2.17 bits per heavy atom. The highest BCUT2D eigenvalue weighted by molar-refractivity contribution is 5.95. The smallest absolute Gasteiger partial charge is 0.408 e. The van der Waals surface area contributed by atoms with E-state index in [0.717, 1.165) is 11.1 Å². The van der Waals surface area contributed by atoms with Crippen molar-refractivity contribution < 1.29 is 23.9 Å². The summed E-state index contributed by atoms with van der Waals surface area (Å²) in [5.41, 5.74) is 6.59. The van der Waals surface area contributed by atoms with E-state index in [2.05, 4.69) is 10.6 Å². The van der Waals surface area contributed by atoms with Crippen molar-refractivity contribution in [3.8, 4) is 0 Å². The third kappa shape index (κ3) is 8.56. The molecule has 9 nitrogen and oxygen atoms in total. The molecular weight excluding hydrogens is 448 g/mol. The van der Waals surface area contributed by atoms with E-state index in [1.165, 1.54) is 4.90 Å². The Kier molecular flexibility index (Phi) is 8.57. The number of primary amides is 1. The number of carbonyl (C=O) groups excluding carboxylic acids is 4. The number of nitrogens with two attached hydrogens (primary N) is 1. The second-order valence-corrected chi connectivity index (χ2v) is 11.3. The molecule has 1 aromatic rings. The van der Waals surface area contributed by atoms with E-state index in [1.807, 2.05) is 52.8 Å². The van der Waals surface area contributed by atoms with Crippen molar-refractivity contribution >= 4 is 23.8 Å². The summed E-state index contributed by atoms with van der Waals surface area (Å²) < 4.78 is 5.30. The van der Waals surface area contributed by atoms with Gasteiger partial charge < -0.3 is 26.0 Å². The number of ether oxygens (including phenoxy) is 1. The van der Waals surface area contributed by atoms with Gasteiger partial charge in [-0.25, -0.2) is 4.79 Å². The zero-order valence-corrected chi connectivity index (χ0v) is 22.2. The molecule has 9 heteroatoms. The molecule has 0 aliphatic heterocycles. The van der Waals surface area contributed by atoms with Gasteiger partial charge >= 0.3 is 6.09 Å². The minimum atomic E-state index is -1.27. The molecule has 0 aromatic heterocycles. The number of nitrogens with one attached hydrogen (secondary N) is 2. The molecular formula is C26H40N4O5. The maximum Gasteiger partial charge on any atom is 0.408 e. The predicted molar refractivity (Wildman–Crippen MR) is 133 cm³/mol. The van der Waals surface area contributed by atoms with Crippen molar-refractivity contribution in [2.24, 2.45) is 5.73 Å². The van der Waals surface area contributed by atoms with Gasteiger partial charge in [-0.05, 0) is 79.4 Å². The van der Waals surface area contributed by atoms with E-state index in [0.29, 0.717) is 18.4 Å². The van der Waals surface area contributed by atoms with Gasteiger partial charge in [0, 0.05) is 11.6 Å². The van der Waals surface area contributed by atoms with Crippen LogP contribution in [-0.2, 0) is 19.1 Å². The lowest BCUT2D eigenvalue weighted by Crippen LogP contribution is -2.56. The number of rotatable bonds is 8. The van der Waals surface area contributed by atoms with Gasteiger partial charge in [-0.1, -0.05) is 23.8 Å². The van der Waals surface area contributed by atoms with Crippen LogP contribution in [0.5, 0.6) is 0 Å². The fraction of sp³-hybridized carbons (Fsp3) is 0.615. The molecule has 4 N–H and O–H groups in total. The number of hydrogen-bond acceptors (Lipinski definition) is 5. The minimum Gasteiger partial charge on any atom is -0.444 e. The van der Waals surface area contributed by atoms with Crippen molar-refractivity contribution in [3.63, 3.8) is 0 Å². The van der Waals surface area contributed by atoms with Crippen molar-refractivity contribution in [3.05, 3.63) is 34.9 Å². The van der Waals surface area contributed by atoms with Gasteiger partial charge in [0.15, 0.2) is 0 Å². The third-order valence-electron chi connectivity index (χ3n) is 5.34.